The Kier molecular flexibility index (Phi) is 20.2. The second-order valence-corrected chi connectivity index (χ2v) is 11.4. The van der Waals surface area contributed by atoms with Crippen molar-refractivity contribution < 1.29 is 33.4 Å². The average molecular weight is 568 g/mol. The van der Waals surface area contributed by atoms with Crippen LogP contribution in [0.3, 0.4) is 0 Å². The van der Waals surface area contributed by atoms with Gasteiger partial charge in [-0.15, -0.1) is 0 Å². The van der Waals surface area contributed by atoms with Crippen molar-refractivity contribution in [2.45, 2.75) is 143 Å². The Labute approximate surface area is 243 Å². The highest BCUT2D eigenvalue weighted by molar-refractivity contribution is 5.79. The predicted molar refractivity (Wildman–Crippen MR) is 157 cm³/mol. The van der Waals surface area contributed by atoms with Gasteiger partial charge in [0.05, 0.1) is 19.8 Å². The maximum Gasteiger partial charge on any atom is 0.306 e. The van der Waals surface area contributed by atoms with E-state index in [4.69, 9.17) is 14.2 Å². The summed E-state index contributed by atoms with van der Waals surface area (Å²) in [5.41, 5.74) is 0. The monoisotopic (exact) mass is 567 g/mol. The van der Waals surface area contributed by atoms with E-state index in [-0.39, 0.29) is 37.2 Å². The van der Waals surface area contributed by atoms with Gasteiger partial charge in [0, 0.05) is 38.1 Å². The highest BCUT2D eigenvalue weighted by Crippen LogP contribution is 2.21. The lowest BCUT2D eigenvalue weighted by molar-refractivity contribution is -0.153. The number of carbonyl (C=O) groups excluding carboxylic acids is 4. The van der Waals surface area contributed by atoms with Crippen LogP contribution in [0.15, 0.2) is 0 Å². The molecule has 1 heterocycles. The summed E-state index contributed by atoms with van der Waals surface area (Å²) in [6, 6.07) is 0. The van der Waals surface area contributed by atoms with E-state index in [9.17, 15) is 19.2 Å². The van der Waals surface area contributed by atoms with Crippen LogP contribution < -0.4 is 0 Å². The van der Waals surface area contributed by atoms with Crippen LogP contribution in [0.25, 0.3) is 0 Å². The summed E-state index contributed by atoms with van der Waals surface area (Å²) < 4.78 is 16.5. The van der Waals surface area contributed by atoms with Crippen LogP contribution in [0, 0.1) is 11.8 Å². The molecule has 2 atom stereocenters. The number of carbonyl (C=O) groups is 4. The molecule has 0 radical (unpaired) electrons. The van der Waals surface area contributed by atoms with Crippen LogP contribution in [-0.4, -0.2) is 61.1 Å². The quantitative estimate of drug-likeness (QED) is 0.0763. The van der Waals surface area contributed by atoms with Gasteiger partial charge in [-0.2, -0.15) is 0 Å². The maximum absolute atomic E-state index is 12.8. The largest absolute Gasteiger partial charge is 0.466 e. The number of amides is 1. The molecule has 0 bridgehead atoms. The van der Waals surface area contributed by atoms with Crippen molar-refractivity contribution >= 4 is 23.8 Å². The first-order valence-corrected chi connectivity index (χ1v) is 16.1. The molecule has 1 saturated heterocycles. The topological polar surface area (TPSA) is 99.2 Å². The number of ether oxygens (including phenoxy) is 3. The fourth-order valence-corrected chi connectivity index (χ4v) is 4.92. The van der Waals surface area contributed by atoms with Crippen LogP contribution in [-0.2, 0) is 33.4 Å². The third-order valence-corrected chi connectivity index (χ3v) is 7.68. The van der Waals surface area contributed by atoms with E-state index in [1.807, 2.05) is 13.8 Å². The number of rotatable bonds is 23. The van der Waals surface area contributed by atoms with Crippen molar-refractivity contribution in [3.63, 3.8) is 0 Å². The molecule has 8 heteroatoms. The Morgan fingerprint density at radius 1 is 0.700 bits per heavy atom. The number of hydrogen-bond donors (Lipinski definition) is 0. The van der Waals surface area contributed by atoms with E-state index in [1.54, 1.807) is 4.90 Å². The van der Waals surface area contributed by atoms with Crippen molar-refractivity contribution in [1.82, 2.24) is 4.90 Å². The highest BCUT2D eigenvalue weighted by atomic mass is 16.5. The third kappa shape index (κ3) is 16.9. The van der Waals surface area contributed by atoms with Gasteiger partial charge in [-0.05, 0) is 25.2 Å². The number of hydrogen-bond acceptors (Lipinski definition) is 7. The van der Waals surface area contributed by atoms with E-state index < -0.39 is 23.8 Å². The molecule has 1 fully saturated rings. The fraction of sp³-hybridized carbons (Fsp3) is 0.875. The number of esters is 3. The molecule has 0 aromatic carbocycles. The normalized spacial score (nSPS) is 15.7. The molecule has 1 aliphatic rings. The zero-order valence-corrected chi connectivity index (χ0v) is 25.9. The molecule has 40 heavy (non-hydrogen) atoms. The summed E-state index contributed by atoms with van der Waals surface area (Å²) in [5.74, 6) is -1.77. The molecule has 1 amide bonds. The number of nitrogens with zero attached hydrogens (tertiary/aromatic N) is 1. The molecule has 232 valence electrons. The summed E-state index contributed by atoms with van der Waals surface area (Å²) in [6.07, 6.45) is 14.0. The second kappa shape index (κ2) is 22.6. The minimum atomic E-state index is -0.541. The van der Waals surface area contributed by atoms with Gasteiger partial charge in [-0.25, -0.2) is 0 Å². The summed E-state index contributed by atoms with van der Waals surface area (Å²) in [7, 11) is 0. The van der Waals surface area contributed by atoms with Gasteiger partial charge in [0.2, 0.25) is 5.91 Å². The van der Waals surface area contributed by atoms with Gasteiger partial charge in [0.25, 0.3) is 0 Å². The van der Waals surface area contributed by atoms with Crippen LogP contribution in [0.1, 0.15) is 137 Å². The predicted octanol–water partition coefficient (Wildman–Crippen LogP) is 6.77. The molecule has 0 saturated carbocycles. The minimum absolute atomic E-state index is 0.0274. The Balaban J connectivity index is 2.53. The van der Waals surface area contributed by atoms with Gasteiger partial charge >= 0.3 is 17.9 Å². The van der Waals surface area contributed by atoms with E-state index in [2.05, 4.69) is 13.8 Å². The molecular formula is C32H57NO7. The van der Waals surface area contributed by atoms with Crippen molar-refractivity contribution in [1.29, 1.82) is 0 Å². The van der Waals surface area contributed by atoms with Gasteiger partial charge in [0.15, 0.2) is 0 Å². The lowest BCUT2D eigenvalue weighted by Gasteiger charge is -2.20. The second-order valence-electron chi connectivity index (χ2n) is 11.4. The number of unbranched alkanes of at least 4 members (excludes halogenated alkanes) is 10. The summed E-state index contributed by atoms with van der Waals surface area (Å²) in [6.45, 7) is 9.90. The molecular weight excluding hydrogens is 510 g/mol. The maximum atomic E-state index is 12.8. The fourth-order valence-electron chi connectivity index (χ4n) is 4.92. The minimum Gasteiger partial charge on any atom is -0.466 e. The zero-order chi connectivity index (χ0) is 29.6. The summed E-state index contributed by atoms with van der Waals surface area (Å²) in [4.78, 5) is 52.0. The van der Waals surface area contributed by atoms with Gasteiger partial charge in [0.1, 0.15) is 6.10 Å². The van der Waals surface area contributed by atoms with Crippen LogP contribution in [0.4, 0.5) is 0 Å². The molecule has 2 unspecified atom stereocenters. The summed E-state index contributed by atoms with van der Waals surface area (Å²) in [5, 5.41) is 0. The van der Waals surface area contributed by atoms with Crippen molar-refractivity contribution in [2.75, 3.05) is 26.3 Å². The smallest absolute Gasteiger partial charge is 0.306 e. The Morgan fingerprint density at radius 2 is 1.18 bits per heavy atom. The van der Waals surface area contributed by atoms with Crippen molar-refractivity contribution in [3.05, 3.63) is 0 Å². The summed E-state index contributed by atoms with van der Waals surface area (Å²) >= 11 is 0. The SMILES string of the molecule is CCCCCCCCOC(=O)CC(CC(=O)OCCCCCCCC)CC(=O)OC1CCN(C(=O)C(C)CC)C1. The molecule has 8 nitrogen and oxygen atoms in total. The van der Waals surface area contributed by atoms with Crippen LogP contribution in [0.5, 0.6) is 0 Å². The van der Waals surface area contributed by atoms with Crippen LogP contribution >= 0.6 is 0 Å². The zero-order valence-electron chi connectivity index (χ0n) is 25.9. The molecule has 0 aliphatic carbocycles. The molecule has 0 spiro atoms. The molecule has 0 N–H and O–H groups in total. The molecule has 1 rings (SSSR count). The Morgan fingerprint density at radius 3 is 1.68 bits per heavy atom. The first-order valence-electron chi connectivity index (χ1n) is 16.1. The first-order chi connectivity index (χ1) is 19.3. The van der Waals surface area contributed by atoms with E-state index >= 15 is 0 Å². The van der Waals surface area contributed by atoms with Crippen molar-refractivity contribution in [2.24, 2.45) is 11.8 Å². The number of likely N-dealkylation sites (tertiary alicyclic amines) is 1. The first kappa shape index (κ1) is 35.9. The third-order valence-electron chi connectivity index (χ3n) is 7.68. The van der Waals surface area contributed by atoms with Gasteiger partial charge in [-0.1, -0.05) is 91.9 Å². The van der Waals surface area contributed by atoms with Gasteiger partial charge < -0.3 is 19.1 Å². The van der Waals surface area contributed by atoms with E-state index in [1.165, 1.54) is 38.5 Å². The lowest BCUT2D eigenvalue weighted by atomic mass is 9.97. The Hall–Kier alpha value is -2.12. The standard InChI is InChI=1S/C32H57NO7/c1-5-8-10-12-14-16-20-38-29(34)22-27(23-30(35)39-21-17-15-13-11-9-6-2)24-31(36)40-28-18-19-33(25-28)32(37)26(4)7-3/h26-28H,5-25H2,1-4H3. The molecule has 0 aromatic rings. The Bertz CT molecular complexity index is 694. The van der Waals surface area contributed by atoms with Crippen molar-refractivity contribution in [3.8, 4) is 0 Å². The molecule has 1 aliphatic heterocycles. The lowest BCUT2D eigenvalue weighted by Crippen LogP contribution is -2.34. The molecule has 0 aromatic heterocycles. The van der Waals surface area contributed by atoms with Gasteiger partial charge in [-0.3, -0.25) is 19.2 Å². The van der Waals surface area contributed by atoms with E-state index in [0.29, 0.717) is 32.7 Å². The average Bonchev–Trinajstić information content (AvgIpc) is 3.39. The van der Waals surface area contributed by atoms with E-state index in [0.717, 1.165) is 44.9 Å². The highest BCUT2D eigenvalue weighted by Gasteiger charge is 2.31. The van der Waals surface area contributed by atoms with Crippen LogP contribution in [0.2, 0.25) is 0 Å².